The van der Waals surface area contributed by atoms with Gasteiger partial charge in [0.25, 0.3) is 5.91 Å². The SMILES string of the molecule is CCN(CC)S(=O)(=O)c1ccc(C(=O)N(/N=C/c2ccc(Br)cc2)c2nc3ccc(C)cc3s2)cc1. The number of aryl methyl sites for hydroxylation is 1. The summed E-state index contributed by atoms with van der Waals surface area (Å²) in [6, 6.07) is 19.4. The summed E-state index contributed by atoms with van der Waals surface area (Å²) in [4.78, 5) is 18.4. The average Bonchev–Trinajstić information content (AvgIpc) is 3.28. The molecule has 0 N–H and O–H groups in total. The van der Waals surface area contributed by atoms with E-state index in [0.29, 0.717) is 23.8 Å². The number of sulfonamides is 1. The minimum absolute atomic E-state index is 0.142. The van der Waals surface area contributed by atoms with Crippen LogP contribution in [0.4, 0.5) is 5.13 Å². The normalized spacial score (nSPS) is 12.0. The van der Waals surface area contributed by atoms with E-state index < -0.39 is 15.9 Å². The molecule has 0 saturated carbocycles. The number of hydrogen-bond acceptors (Lipinski definition) is 6. The highest BCUT2D eigenvalue weighted by Crippen LogP contribution is 2.31. The maximum atomic E-state index is 13.6. The third kappa shape index (κ3) is 5.57. The first-order valence-electron chi connectivity index (χ1n) is 11.3. The Balaban J connectivity index is 1.71. The molecular weight excluding hydrogens is 560 g/mol. The smallest absolute Gasteiger partial charge is 0.267 e. The summed E-state index contributed by atoms with van der Waals surface area (Å²) in [6.45, 7) is 6.32. The molecule has 0 saturated heterocycles. The Morgan fingerprint density at radius 2 is 1.69 bits per heavy atom. The lowest BCUT2D eigenvalue weighted by Crippen LogP contribution is -2.30. The van der Waals surface area contributed by atoms with Gasteiger partial charge in [-0.2, -0.15) is 14.4 Å². The lowest BCUT2D eigenvalue weighted by atomic mass is 10.2. The maximum Gasteiger partial charge on any atom is 0.280 e. The van der Waals surface area contributed by atoms with Gasteiger partial charge in [0, 0.05) is 23.1 Å². The van der Waals surface area contributed by atoms with Gasteiger partial charge in [-0.3, -0.25) is 4.79 Å². The molecule has 4 aromatic rings. The van der Waals surface area contributed by atoms with Crippen molar-refractivity contribution >= 4 is 64.8 Å². The molecule has 0 bridgehead atoms. The van der Waals surface area contributed by atoms with Gasteiger partial charge >= 0.3 is 0 Å². The first-order chi connectivity index (χ1) is 17.2. The topological polar surface area (TPSA) is 82.9 Å². The fraction of sp³-hybridized carbons (Fsp3) is 0.192. The average molecular weight is 586 g/mol. The zero-order valence-corrected chi connectivity index (χ0v) is 23.3. The first kappa shape index (κ1) is 26.2. The summed E-state index contributed by atoms with van der Waals surface area (Å²) < 4.78 is 28.9. The van der Waals surface area contributed by atoms with Crippen molar-refractivity contribution in [3.8, 4) is 0 Å². The molecule has 1 heterocycles. The van der Waals surface area contributed by atoms with Crippen LogP contribution in [0.2, 0.25) is 0 Å². The molecule has 1 aromatic heterocycles. The van der Waals surface area contributed by atoms with Crippen molar-refractivity contribution in [1.82, 2.24) is 9.29 Å². The highest BCUT2D eigenvalue weighted by Gasteiger charge is 2.24. The number of hydrogen-bond donors (Lipinski definition) is 0. The summed E-state index contributed by atoms with van der Waals surface area (Å²) in [5, 5.41) is 6.16. The summed E-state index contributed by atoms with van der Waals surface area (Å²) >= 11 is 4.78. The van der Waals surface area contributed by atoms with Gasteiger partial charge in [-0.15, -0.1) is 0 Å². The number of amides is 1. The number of nitrogens with zero attached hydrogens (tertiary/aromatic N) is 4. The fourth-order valence-corrected chi connectivity index (χ4v) is 6.32. The van der Waals surface area contributed by atoms with E-state index in [4.69, 9.17) is 0 Å². The van der Waals surface area contributed by atoms with Gasteiger partial charge in [0.05, 0.1) is 21.3 Å². The Labute approximate surface area is 223 Å². The summed E-state index contributed by atoms with van der Waals surface area (Å²) in [5.41, 5.74) is 2.99. The van der Waals surface area contributed by atoms with Crippen molar-refractivity contribution in [3.05, 3.63) is 87.9 Å². The molecule has 36 heavy (non-hydrogen) atoms. The molecule has 3 aromatic carbocycles. The Morgan fingerprint density at radius 3 is 2.33 bits per heavy atom. The number of hydrazone groups is 1. The molecule has 0 radical (unpaired) electrons. The van der Waals surface area contributed by atoms with Crippen molar-refractivity contribution in [3.63, 3.8) is 0 Å². The number of fused-ring (bicyclic) bond motifs is 1. The molecule has 0 aliphatic heterocycles. The lowest BCUT2D eigenvalue weighted by molar-refractivity contribution is 0.0987. The van der Waals surface area contributed by atoms with Crippen LogP contribution in [0.3, 0.4) is 0 Å². The molecule has 0 atom stereocenters. The standard InChI is InChI=1S/C26H25BrN4O3S2/c1-4-30(5-2)36(33,34)22-13-9-20(10-14-22)25(32)31(28-17-19-7-11-21(27)12-8-19)26-29-23-15-6-18(3)16-24(23)35-26/h6-17H,4-5H2,1-3H3/b28-17+. The number of rotatable bonds is 8. The molecule has 0 fully saturated rings. The second-order valence-electron chi connectivity index (χ2n) is 7.99. The monoisotopic (exact) mass is 584 g/mol. The highest BCUT2D eigenvalue weighted by atomic mass is 79.9. The van der Waals surface area contributed by atoms with Gasteiger partial charge in [-0.1, -0.05) is 59.3 Å². The first-order valence-corrected chi connectivity index (χ1v) is 14.4. The zero-order chi connectivity index (χ0) is 25.9. The summed E-state index contributed by atoms with van der Waals surface area (Å²) in [5.74, 6) is -0.411. The van der Waals surface area contributed by atoms with Gasteiger partial charge in [0.1, 0.15) is 0 Å². The van der Waals surface area contributed by atoms with E-state index in [9.17, 15) is 13.2 Å². The molecule has 186 valence electrons. The Hall–Kier alpha value is -2.92. The molecule has 10 heteroatoms. The van der Waals surface area contributed by atoms with Crippen molar-refractivity contribution in [2.75, 3.05) is 18.1 Å². The van der Waals surface area contributed by atoms with Crippen molar-refractivity contribution in [2.24, 2.45) is 5.10 Å². The molecule has 7 nitrogen and oxygen atoms in total. The molecule has 0 spiro atoms. The Morgan fingerprint density at radius 1 is 1.03 bits per heavy atom. The van der Waals surface area contributed by atoms with Crippen LogP contribution in [-0.2, 0) is 10.0 Å². The minimum atomic E-state index is -3.62. The van der Waals surface area contributed by atoms with E-state index in [1.165, 1.54) is 44.9 Å². The summed E-state index contributed by atoms with van der Waals surface area (Å²) in [7, 11) is -3.62. The molecular formula is C26H25BrN4O3S2. The lowest BCUT2D eigenvalue weighted by Gasteiger charge is -2.19. The van der Waals surface area contributed by atoms with Crippen LogP contribution in [0.1, 0.15) is 35.3 Å². The third-order valence-electron chi connectivity index (χ3n) is 5.54. The maximum absolute atomic E-state index is 13.6. The number of halogens is 1. The van der Waals surface area contributed by atoms with Crippen LogP contribution in [0.25, 0.3) is 10.2 Å². The van der Waals surface area contributed by atoms with E-state index in [-0.39, 0.29) is 4.90 Å². The molecule has 0 aliphatic carbocycles. The van der Waals surface area contributed by atoms with Gasteiger partial charge in [0.15, 0.2) is 0 Å². The number of carbonyl (C=O) groups excluding carboxylic acids is 1. The van der Waals surface area contributed by atoms with E-state index in [1.54, 1.807) is 20.1 Å². The Kier molecular flexibility index (Phi) is 7.99. The van der Waals surface area contributed by atoms with Crippen LogP contribution < -0.4 is 5.01 Å². The van der Waals surface area contributed by atoms with Crippen LogP contribution in [0.5, 0.6) is 0 Å². The number of aromatic nitrogens is 1. The van der Waals surface area contributed by atoms with Crippen LogP contribution in [0.15, 0.2) is 81.2 Å². The molecule has 4 rings (SSSR count). The van der Waals surface area contributed by atoms with E-state index in [1.807, 2.05) is 49.4 Å². The van der Waals surface area contributed by atoms with Crippen molar-refractivity contribution < 1.29 is 13.2 Å². The van der Waals surface area contributed by atoms with Gasteiger partial charge in [0.2, 0.25) is 15.2 Å². The second kappa shape index (κ2) is 11.0. The highest BCUT2D eigenvalue weighted by molar-refractivity contribution is 9.10. The largest absolute Gasteiger partial charge is 0.280 e. The number of anilines is 1. The summed E-state index contributed by atoms with van der Waals surface area (Å²) in [6.07, 6.45) is 1.60. The fourth-order valence-electron chi connectivity index (χ4n) is 3.58. The quantitative estimate of drug-likeness (QED) is 0.185. The van der Waals surface area contributed by atoms with Gasteiger partial charge in [-0.05, 0) is 66.6 Å². The van der Waals surface area contributed by atoms with Crippen LogP contribution >= 0.6 is 27.3 Å². The second-order valence-corrected chi connectivity index (χ2v) is 11.9. The van der Waals surface area contributed by atoms with Crippen LogP contribution in [-0.4, -0.2) is 42.9 Å². The minimum Gasteiger partial charge on any atom is -0.267 e. The molecule has 1 amide bonds. The predicted molar refractivity (Wildman–Crippen MR) is 149 cm³/mol. The van der Waals surface area contributed by atoms with E-state index >= 15 is 0 Å². The number of carbonyl (C=O) groups is 1. The van der Waals surface area contributed by atoms with Crippen molar-refractivity contribution in [1.29, 1.82) is 0 Å². The molecule has 0 unspecified atom stereocenters. The number of thiazole rings is 1. The third-order valence-corrected chi connectivity index (χ3v) is 9.13. The predicted octanol–water partition coefficient (Wildman–Crippen LogP) is 6.08. The van der Waals surface area contributed by atoms with Gasteiger partial charge in [-0.25, -0.2) is 13.4 Å². The Bertz CT molecular complexity index is 1510. The van der Waals surface area contributed by atoms with Crippen molar-refractivity contribution in [2.45, 2.75) is 25.7 Å². The number of benzene rings is 3. The zero-order valence-electron chi connectivity index (χ0n) is 20.1. The van der Waals surface area contributed by atoms with E-state index in [0.717, 1.165) is 25.8 Å². The van der Waals surface area contributed by atoms with Gasteiger partial charge < -0.3 is 0 Å². The van der Waals surface area contributed by atoms with E-state index in [2.05, 4.69) is 26.0 Å². The molecule has 0 aliphatic rings. The van der Waals surface area contributed by atoms with Crippen LogP contribution in [0, 0.1) is 6.92 Å².